The summed E-state index contributed by atoms with van der Waals surface area (Å²) < 4.78 is 0. The highest BCUT2D eigenvalue weighted by Crippen LogP contribution is 2.04. The summed E-state index contributed by atoms with van der Waals surface area (Å²) >= 11 is 3.32. The van der Waals surface area contributed by atoms with E-state index in [1.54, 1.807) is 6.08 Å². The van der Waals surface area contributed by atoms with Crippen LogP contribution in [-0.2, 0) is 4.79 Å². The first-order valence-corrected chi connectivity index (χ1v) is 4.17. The van der Waals surface area contributed by atoms with E-state index in [-0.39, 0.29) is 4.83 Å². The maximum atomic E-state index is 10.1. The molecular formula is C8H11BrO2. The van der Waals surface area contributed by atoms with E-state index in [4.69, 9.17) is 5.11 Å². The SMILES string of the molecule is CC(/C=C/C(=O)O)=C\C(C)Br. The summed E-state index contributed by atoms with van der Waals surface area (Å²) in [7, 11) is 0. The van der Waals surface area contributed by atoms with Crippen LogP contribution in [0.5, 0.6) is 0 Å². The molecule has 0 aromatic carbocycles. The maximum absolute atomic E-state index is 10.1. The molecule has 1 atom stereocenters. The van der Waals surface area contributed by atoms with Gasteiger partial charge in [-0.3, -0.25) is 0 Å². The van der Waals surface area contributed by atoms with Gasteiger partial charge in [0.15, 0.2) is 0 Å². The number of halogens is 1. The highest BCUT2D eigenvalue weighted by Gasteiger charge is 1.90. The minimum absolute atomic E-state index is 0.279. The van der Waals surface area contributed by atoms with Gasteiger partial charge in [0.1, 0.15) is 0 Å². The number of hydrogen-bond acceptors (Lipinski definition) is 1. The van der Waals surface area contributed by atoms with Gasteiger partial charge in [0.2, 0.25) is 0 Å². The van der Waals surface area contributed by atoms with Crippen molar-refractivity contribution >= 4 is 21.9 Å². The summed E-state index contributed by atoms with van der Waals surface area (Å²) in [4.78, 5) is 10.3. The fourth-order valence-corrected chi connectivity index (χ4v) is 1.04. The summed E-state index contributed by atoms with van der Waals surface area (Å²) in [5, 5.41) is 8.27. The average Bonchev–Trinajstić information content (AvgIpc) is 1.82. The number of aliphatic carboxylic acids is 1. The molecule has 0 fully saturated rings. The van der Waals surface area contributed by atoms with Crippen molar-refractivity contribution in [2.24, 2.45) is 0 Å². The number of allylic oxidation sites excluding steroid dienone is 3. The predicted molar refractivity (Wildman–Crippen MR) is 48.9 cm³/mol. The Labute approximate surface area is 74.7 Å². The molecule has 0 radical (unpaired) electrons. The number of hydrogen-bond donors (Lipinski definition) is 1. The van der Waals surface area contributed by atoms with Crippen LogP contribution in [0, 0.1) is 0 Å². The monoisotopic (exact) mass is 218 g/mol. The maximum Gasteiger partial charge on any atom is 0.328 e. The molecular weight excluding hydrogens is 208 g/mol. The van der Waals surface area contributed by atoms with Crippen molar-refractivity contribution in [1.82, 2.24) is 0 Å². The largest absolute Gasteiger partial charge is 0.478 e. The van der Waals surface area contributed by atoms with Crippen LogP contribution in [-0.4, -0.2) is 15.9 Å². The van der Waals surface area contributed by atoms with Crippen molar-refractivity contribution in [2.75, 3.05) is 0 Å². The molecule has 0 saturated carbocycles. The summed E-state index contributed by atoms with van der Waals surface area (Å²) in [5.41, 5.74) is 0.941. The van der Waals surface area contributed by atoms with Gasteiger partial charge in [0.05, 0.1) is 0 Å². The van der Waals surface area contributed by atoms with Gasteiger partial charge < -0.3 is 5.11 Å². The molecule has 3 heteroatoms. The van der Waals surface area contributed by atoms with Crippen LogP contribution in [0.1, 0.15) is 13.8 Å². The van der Waals surface area contributed by atoms with Gasteiger partial charge in [-0.05, 0) is 13.8 Å². The fourth-order valence-electron chi connectivity index (χ4n) is 0.621. The summed E-state index contributed by atoms with van der Waals surface area (Å²) in [6.45, 7) is 3.83. The van der Waals surface area contributed by atoms with E-state index in [1.165, 1.54) is 0 Å². The van der Waals surface area contributed by atoms with E-state index >= 15 is 0 Å². The molecule has 0 aliphatic heterocycles. The van der Waals surface area contributed by atoms with E-state index in [0.717, 1.165) is 11.6 Å². The highest BCUT2D eigenvalue weighted by molar-refractivity contribution is 9.09. The summed E-state index contributed by atoms with van der Waals surface area (Å²) in [6, 6.07) is 0. The Kier molecular flexibility index (Phi) is 4.86. The lowest BCUT2D eigenvalue weighted by Gasteiger charge is -1.93. The van der Waals surface area contributed by atoms with Crippen molar-refractivity contribution < 1.29 is 9.90 Å². The quantitative estimate of drug-likeness (QED) is 0.449. The van der Waals surface area contributed by atoms with Gasteiger partial charge in [-0.1, -0.05) is 33.7 Å². The molecule has 0 aromatic rings. The van der Waals surface area contributed by atoms with Crippen LogP contribution in [0.2, 0.25) is 0 Å². The molecule has 0 rings (SSSR count). The summed E-state index contributed by atoms with van der Waals surface area (Å²) in [5.74, 6) is -0.917. The molecule has 1 N–H and O–H groups in total. The highest BCUT2D eigenvalue weighted by atomic mass is 79.9. The van der Waals surface area contributed by atoms with Crippen molar-refractivity contribution in [2.45, 2.75) is 18.7 Å². The molecule has 0 aliphatic rings. The predicted octanol–water partition coefficient (Wildman–Crippen LogP) is 2.36. The zero-order valence-corrected chi connectivity index (χ0v) is 8.13. The first-order valence-electron chi connectivity index (χ1n) is 3.26. The second kappa shape index (κ2) is 5.13. The Bertz CT molecular complexity index is 192. The van der Waals surface area contributed by atoms with E-state index in [0.29, 0.717) is 0 Å². The molecule has 62 valence electrons. The number of carboxylic acid groups (broad SMARTS) is 1. The third-order valence-corrected chi connectivity index (χ3v) is 1.25. The lowest BCUT2D eigenvalue weighted by atomic mass is 10.2. The minimum Gasteiger partial charge on any atom is -0.478 e. The molecule has 0 aromatic heterocycles. The van der Waals surface area contributed by atoms with E-state index in [9.17, 15) is 4.79 Å². The van der Waals surface area contributed by atoms with Crippen LogP contribution >= 0.6 is 15.9 Å². The molecule has 0 heterocycles. The van der Waals surface area contributed by atoms with Crippen molar-refractivity contribution in [3.63, 3.8) is 0 Å². The second-order valence-electron chi connectivity index (χ2n) is 2.26. The fraction of sp³-hybridized carbons (Fsp3) is 0.375. The Morgan fingerprint density at radius 1 is 1.55 bits per heavy atom. The average molecular weight is 219 g/mol. The van der Waals surface area contributed by atoms with Gasteiger partial charge >= 0.3 is 5.97 Å². The summed E-state index contributed by atoms with van der Waals surface area (Å²) in [6.07, 6.45) is 4.63. The topological polar surface area (TPSA) is 37.3 Å². The Morgan fingerprint density at radius 2 is 2.09 bits per heavy atom. The number of rotatable bonds is 3. The number of alkyl halides is 1. The number of carboxylic acids is 1. The zero-order valence-electron chi connectivity index (χ0n) is 6.54. The molecule has 2 nitrogen and oxygen atoms in total. The first kappa shape index (κ1) is 10.4. The smallest absolute Gasteiger partial charge is 0.328 e. The lowest BCUT2D eigenvalue weighted by Crippen LogP contribution is -1.87. The van der Waals surface area contributed by atoms with Crippen LogP contribution in [0.25, 0.3) is 0 Å². The number of carbonyl (C=O) groups is 1. The Balaban J connectivity index is 4.05. The normalized spacial score (nSPS) is 15.4. The van der Waals surface area contributed by atoms with E-state index < -0.39 is 5.97 Å². The Hall–Kier alpha value is -0.570. The van der Waals surface area contributed by atoms with Gasteiger partial charge in [-0.25, -0.2) is 4.79 Å². The molecule has 11 heavy (non-hydrogen) atoms. The van der Waals surface area contributed by atoms with Gasteiger partial charge in [-0.15, -0.1) is 0 Å². The molecule has 0 spiro atoms. The van der Waals surface area contributed by atoms with Gasteiger partial charge in [0, 0.05) is 10.9 Å². The molecule has 1 unspecified atom stereocenters. The second-order valence-corrected chi connectivity index (χ2v) is 3.70. The molecule has 0 aliphatic carbocycles. The molecule has 0 saturated heterocycles. The standard InChI is InChI=1S/C8H11BrO2/c1-6(5-7(2)9)3-4-8(10)11/h3-5,7H,1-2H3,(H,10,11)/b4-3+,6-5+. The molecule has 0 bridgehead atoms. The molecule has 0 amide bonds. The van der Waals surface area contributed by atoms with Crippen molar-refractivity contribution in [3.05, 3.63) is 23.8 Å². The zero-order chi connectivity index (χ0) is 8.85. The van der Waals surface area contributed by atoms with Crippen molar-refractivity contribution in [3.8, 4) is 0 Å². The lowest BCUT2D eigenvalue weighted by molar-refractivity contribution is -0.131. The van der Waals surface area contributed by atoms with Crippen LogP contribution in [0.3, 0.4) is 0 Å². The van der Waals surface area contributed by atoms with Gasteiger partial charge in [-0.2, -0.15) is 0 Å². The van der Waals surface area contributed by atoms with E-state index in [1.807, 2.05) is 19.9 Å². The van der Waals surface area contributed by atoms with Gasteiger partial charge in [0.25, 0.3) is 0 Å². The van der Waals surface area contributed by atoms with Crippen molar-refractivity contribution in [1.29, 1.82) is 0 Å². The Morgan fingerprint density at radius 3 is 2.45 bits per heavy atom. The third-order valence-electron chi connectivity index (χ3n) is 0.981. The van der Waals surface area contributed by atoms with E-state index in [2.05, 4.69) is 15.9 Å². The first-order chi connectivity index (χ1) is 5.02. The van der Waals surface area contributed by atoms with Crippen LogP contribution in [0.15, 0.2) is 23.8 Å². The van der Waals surface area contributed by atoms with Crippen LogP contribution in [0.4, 0.5) is 0 Å². The van der Waals surface area contributed by atoms with Crippen LogP contribution < -0.4 is 0 Å². The minimum atomic E-state index is -0.917. The third kappa shape index (κ3) is 7.33.